The Kier molecular flexibility index (Phi) is 3.65. The molecule has 0 N–H and O–H groups in total. The van der Waals surface area contributed by atoms with Crippen LogP contribution in [0.15, 0.2) is 30.3 Å². The van der Waals surface area contributed by atoms with E-state index >= 15 is 0 Å². The van der Waals surface area contributed by atoms with Crippen LogP contribution in [0.3, 0.4) is 0 Å². The Hall–Kier alpha value is -1.35. The van der Waals surface area contributed by atoms with Gasteiger partial charge in [0.1, 0.15) is 0 Å². The third-order valence-electron chi connectivity index (χ3n) is 1.63. The second-order valence-corrected chi connectivity index (χ2v) is 3.58. The minimum atomic E-state index is -0.415. The Morgan fingerprint density at radius 1 is 1.57 bits per heavy atom. The number of nitrogens with zero attached hydrogens (tertiary/aromatic N) is 1. The number of halogens is 1. The van der Waals surface area contributed by atoms with Crippen molar-refractivity contribution in [2.75, 3.05) is 0 Å². The highest BCUT2D eigenvalue weighted by Gasteiger charge is 2.03. The molecule has 0 saturated heterocycles. The molecule has 0 amide bonds. The van der Waals surface area contributed by atoms with Crippen LogP contribution in [0.2, 0.25) is 0 Å². The summed E-state index contributed by atoms with van der Waals surface area (Å²) in [6.07, 6.45) is 3.55. The Bertz CT molecular complexity index is 361. The molecule has 3 nitrogen and oxygen atoms in total. The number of hydrogen-bond acceptors (Lipinski definition) is 2. The molecule has 0 radical (unpaired) electrons. The summed E-state index contributed by atoms with van der Waals surface area (Å²) in [6.45, 7) is 1.83. The zero-order chi connectivity index (χ0) is 10.6. The highest BCUT2D eigenvalue weighted by Crippen LogP contribution is 2.14. The van der Waals surface area contributed by atoms with E-state index in [4.69, 9.17) is 11.6 Å². The molecule has 0 saturated carbocycles. The van der Waals surface area contributed by atoms with Crippen LogP contribution in [0.1, 0.15) is 12.5 Å². The van der Waals surface area contributed by atoms with Crippen LogP contribution in [0, 0.1) is 10.1 Å². The summed E-state index contributed by atoms with van der Waals surface area (Å²) in [6, 6.07) is 6.41. The van der Waals surface area contributed by atoms with Gasteiger partial charge in [-0.1, -0.05) is 24.3 Å². The lowest BCUT2D eigenvalue weighted by Crippen LogP contribution is -1.87. The smallest absolute Gasteiger partial charge is 0.258 e. The number of rotatable bonds is 3. The van der Waals surface area contributed by atoms with Crippen molar-refractivity contribution in [2.45, 2.75) is 12.3 Å². The number of non-ortho nitro benzene ring substituents is 1. The Labute approximate surface area is 87.2 Å². The molecule has 4 heteroatoms. The number of hydrogen-bond donors (Lipinski definition) is 0. The van der Waals surface area contributed by atoms with Crippen LogP contribution in [0.4, 0.5) is 5.69 Å². The second-order valence-electron chi connectivity index (χ2n) is 2.89. The fourth-order valence-electron chi connectivity index (χ4n) is 0.986. The van der Waals surface area contributed by atoms with Gasteiger partial charge in [0.15, 0.2) is 0 Å². The molecule has 74 valence electrons. The third kappa shape index (κ3) is 3.18. The van der Waals surface area contributed by atoms with Crippen molar-refractivity contribution in [3.05, 3.63) is 46.0 Å². The molecule has 0 fully saturated rings. The van der Waals surface area contributed by atoms with Gasteiger partial charge in [0.05, 0.1) is 4.92 Å². The Morgan fingerprint density at radius 3 is 2.86 bits per heavy atom. The van der Waals surface area contributed by atoms with Crippen LogP contribution in [-0.2, 0) is 0 Å². The molecule has 0 aromatic heterocycles. The summed E-state index contributed by atoms with van der Waals surface area (Å²) >= 11 is 5.71. The summed E-state index contributed by atoms with van der Waals surface area (Å²) in [4.78, 5) is 10.0. The van der Waals surface area contributed by atoms with Crippen LogP contribution in [0.5, 0.6) is 0 Å². The first-order chi connectivity index (χ1) is 6.59. The molecule has 0 heterocycles. The maximum absolute atomic E-state index is 10.4. The Morgan fingerprint density at radius 2 is 2.29 bits per heavy atom. The molecule has 1 aromatic rings. The monoisotopic (exact) mass is 211 g/mol. The highest BCUT2D eigenvalue weighted by atomic mass is 35.5. The first kappa shape index (κ1) is 10.7. The molecule has 1 atom stereocenters. The van der Waals surface area contributed by atoms with Crippen molar-refractivity contribution < 1.29 is 4.92 Å². The van der Waals surface area contributed by atoms with Crippen LogP contribution in [0.25, 0.3) is 6.08 Å². The fourth-order valence-corrected chi connectivity index (χ4v) is 1.06. The quantitative estimate of drug-likeness (QED) is 0.438. The van der Waals surface area contributed by atoms with Gasteiger partial charge in [0, 0.05) is 17.5 Å². The van der Waals surface area contributed by atoms with E-state index in [-0.39, 0.29) is 11.1 Å². The maximum atomic E-state index is 10.4. The maximum Gasteiger partial charge on any atom is 0.270 e. The van der Waals surface area contributed by atoms with Crippen molar-refractivity contribution in [3.8, 4) is 0 Å². The van der Waals surface area contributed by atoms with E-state index in [1.165, 1.54) is 12.1 Å². The van der Waals surface area contributed by atoms with Crippen molar-refractivity contribution in [1.82, 2.24) is 0 Å². The first-order valence-corrected chi connectivity index (χ1v) is 4.60. The molecule has 1 aromatic carbocycles. The molecule has 0 bridgehead atoms. The van der Waals surface area contributed by atoms with E-state index < -0.39 is 4.92 Å². The largest absolute Gasteiger partial charge is 0.270 e. The zero-order valence-electron chi connectivity index (χ0n) is 7.68. The molecule has 0 aliphatic rings. The molecular weight excluding hydrogens is 202 g/mol. The summed E-state index contributed by atoms with van der Waals surface area (Å²) in [5.41, 5.74) is 0.876. The van der Waals surface area contributed by atoms with Gasteiger partial charge >= 0.3 is 0 Å². The van der Waals surface area contributed by atoms with Crippen molar-refractivity contribution in [2.24, 2.45) is 0 Å². The molecule has 1 rings (SSSR count). The van der Waals surface area contributed by atoms with Gasteiger partial charge < -0.3 is 0 Å². The lowest BCUT2D eigenvalue weighted by Gasteiger charge is -1.95. The van der Waals surface area contributed by atoms with Gasteiger partial charge in [0.25, 0.3) is 5.69 Å². The lowest BCUT2D eigenvalue weighted by molar-refractivity contribution is -0.384. The van der Waals surface area contributed by atoms with Gasteiger partial charge in [-0.2, -0.15) is 0 Å². The van der Waals surface area contributed by atoms with Crippen LogP contribution in [-0.4, -0.2) is 10.3 Å². The number of alkyl halides is 1. The van der Waals surface area contributed by atoms with E-state index in [2.05, 4.69) is 0 Å². The van der Waals surface area contributed by atoms with Gasteiger partial charge in [-0.25, -0.2) is 0 Å². The van der Waals surface area contributed by atoms with Gasteiger partial charge in [-0.15, -0.1) is 11.6 Å². The summed E-state index contributed by atoms with van der Waals surface area (Å²) in [5, 5.41) is 10.4. The van der Waals surface area contributed by atoms with Gasteiger partial charge in [0.2, 0.25) is 0 Å². The van der Waals surface area contributed by atoms with E-state index in [1.54, 1.807) is 24.3 Å². The molecule has 0 aliphatic heterocycles. The van der Waals surface area contributed by atoms with E-state index in [9.17, 15) is 10.1 Å². The van der Waals surface area contributed by atoms with Gasteiger partial charge in [-0.3, -0.25) is 10.1 Å². The van der Waals surface area contributed by atoms with Crippen molar-refractivity contribution in [3.63, 3.8) is 0 Å². The van der Waals surface area contributed by atoms with E-state index in [0.717, 1.165) is 5.56 Å². The van der Waals surface area contributed by atoms with Crippen molar-refractivity contribution >= 4 is 23.4 Å². The summed E-state index contributed by atoms with van der Waals surface area (Å²) in [7, 11) is 0. The predicted molar refractivity (Wildman–Crippen MR) is 57.4 cm³/mol. The predicted octanol–water partition coefficient (Wildman–Crippen LogP) is 3.24. The molecule has 0 aliphatic carbocycles. The van der Waals surface area contributed by atoms with Gasteiger partial charge in [-0.05, 0) is 12.5 Å². The van der Waals surface area contributed by atoms with Crippen LogP contribution >= 0.6 is 11.6 Å². The zero-order valence-corrected chi connectivity index (χ0v) is 8.44. The molecular formula is C10H10ClNO2. The number of allylic oxidation sites excluding steroid dienone is 1. The minimum absolute atomic E-state index is 0.0748. The standard InChI is InChI=1S/C10H10ClNO2/c1-8(11)5-6-9-3-2-4-10(7-9)12(13)14/h2-8H,1H3/b6-5+. The average Bonchev–Trinajstić information content (AvgIpc) is 2.15. The second kappa shape index (κ2) is 4.77. The number of benzene rings is 1. The average molecular weight is 212 g/mol. The number of nitro benzene ring substituents is 1. The summed E-state index contributed by atoms with van der Waals surface area (Å²) in [5.74, 6) is 0. The molecule has 0 spiro atoms. The summed E-state index contributed by atoms with van der Waals surface area (Å²) < 4.78 is 0. The van der Waals surface area contributed by atoms with Crippen molar-refractivity contribution in [1.29, 1.82) is 0 Å². The Balaban J connectivity index is 2.89. The topological polar surface area (TPSA) is 43.1 Å². The minimum Gasteiger partial charge on any atom is -0.258 e. The SMILES string of the molecule is CC(Cl)/C=C/c1cccc([N+](=O)[O-])c1. The molecule has 14 heavy (non-hydrogen) atoms. The fraction of sp³-hybridized carbons (Fsp3) is 0.200. The van der Waals surface area contributed by atoms with E-state index in [1.807, 2.05) is 6.92 Å². The first-order valence-electron chi connectivity index (χ1n) is 4.16. The molecule has 1 unspecified atom stereocenters. The third-order valence-corrected chi connectivity index (χ3v) is 1.78. The normalized spacial score (nSPS) is 13.0. The lowest BCUT2D eigenvalue weighted by atomic mass is 10.2. The number of nitro groups is 1. The van der Waals surface area contributed by atoms with E-state index in [0.29, 0.717) is 0 Å². The van der Waals surface area contributed by atoms with Crippen LogP contribution < -0.4 is 0 Å². The highest BCUT2D eigenvalue weighted by molar-refractivity contribution is 6.21.